The van der Waals surface area contributed by atoms with Gasteiger partial charge in [-0.3, -0.25) is 9.59 Å². The average molecular weight is 366 g/mol. The molecule has 1 aromatic carbocycles. The molecule has 0 bridgehead atoms. The number of nitrogens with zero attached hydrogens (tertiary/aromatic N) is 1. The number of hydrogen-bond acceptors (Lipinski definition) is 3. The summed E-state index contributed by atoms with van der Waals surface area (Å²) in [7, 11) is 0. The van der Waals surface area contributed by atoms with Gasteiger partial charge in [-0.25, -0.2) is 0 Å². The minimum Gasteiger partial charge on any atom is -0.349 e. The number of nitrogens with one attached hydrogen (secondary N) is 1. The predicted octanol–water partition coefficient (Wildman–Crippen LogP) is 3.84. The molecule has 2 aliphatic carbocycles. The summed E-state index contributed by atoms with van der Waals surface area (Å²) >= 11 is 1.62. The number of carbonyl (C=O) groups excluding carboxylic acids is 2. The first-order chi connectivity index (χ1) is 12.7. The van der Waals surface area contributed by atoms with Crippen LogP contribution in [0.5, 0.6) is 0 Å². The molecule has 4 nitrogen and oxygen atoms in total. The van der Waals surface area contributed by atoms with E-state index in [0.717, 1.165) is 36.8 Å². The van der Waals surface area contributed by atoms with E-state index >= 15 is 0 Å². The minimum absolute atomic E-state index is 0.00660. The minimum atomic E-state index is -0.00660. The van der Waals surface area contributed by atoms with Gasteiger partial charge in [0.25, 0.3) is 5.91 Å². The highest BCUT2D eigenvalue weighted by Crippen LogP contribution is 2.29. The van der Waals surface area contributed by atoms with Crippen molar-refractivity contribution in [2.45, 2.75) is 44.3 Å². The van der Waals surface area contributed by atoms with Crippen LogP contribution >= 0.6 is 11.3 Å². The van der Waals surface area contributed by atoms with Crippen LogP contribution in [0.15, 0.2) is 47.2 Å². The fourth-order valence-electron chi connectivity index (χ4n) is 2.86. The summed E-state index contributed by atoms with van der Waals surface area (Å²) < 4.78 is 0. The Morgan fingerprint density at radius 3 is 2.50 bits per heavy atom. The number of rotatable bonds is 7. The van der Waals surface area contributed by atoms with Crippen molar-refractivity contribution >= 4 is 29.2 Å². The van der Waals surface area contributed by atoms with Gasteiger partial charge in [-0.2, -0.15) is 11.3 Å². The maximum absolute atomic E-state index is 12.6. The molecule has 0 spiro atoms. The van der Waals surface area contributed by atoms with Gasteiger partial charge in [-0.15, -0.1) is 0 Å². The van der Waals surface area contributed by atoms with E-state index in [2.05, 4.69) is 5.32 Å². The molecule has 2 saturated carbocycles. The Balaban J connectivity index is 1.39. The van der Waals surface area contributed by atoms with Crippen molar-refractivity contribution in [3.8, 4) is 0 Å². The molecule has 1 N–H and O–H groups in total. The third kappa shape index (κ3) is 4.41. The summed E-state index contributed by atoms with van der Waals surface area (Å²) in [6.07, 6.45) is 7.85. The van der Waals surface area contributed by atoms with Crippen molar-refractivity contribution in [2.75, 3.05) is 0 Å². The second-order valence-electron chi connectivity index (χ2n) is 7.03. The number of thiophene rings is 1. The van der Waals surface area contributed by atoms with Gasteiger partial charge in [-0.05, 0) is 71.8 Å². The van der Waals surface area contributed by atoms with Crippen LogP contribution in [0.4, 0.5) is 0 Å². The lowest BCUT2D eigenvalue weighted by Gasteiger charge is -2.21. The second kappa shape index (κ2) is 7.46. The van der Waals surface area contributed by atoms with Gasteiger partial charge in [0.1, 0.15) is 0 Å². The molecule has 1 aromatic heterocycles. The van der Waals surface area contributed by atoms with Crippen molar-refractivity contribution in [1.82, 2.24) is 10.2 Å². The molecule has 5 heteroatoms. The van der Waals surface area contributed by atoms with Crippen LogP contribution in [0.2, 0.25) is 0 Å². The summed E-state index contributed by atoms with van der Waals surface area (Å²) in [4.78, 5) is 26.6. The van der Waals surface area contributed by atoms with E-state index in [9.17, 15) is 9.59 Å². The number of amides is 2. The molecule has 2 aliphatic rings. The first-order valence-electron chi connectivity index (χ1n) is 9.10. The van der Waals surface area contributed by atoms with Gasteiger partial charge in [0.05, 0.1) is 0 Å². The second-order valence-corrected chi connectivity index (χ2v) is 7.81. The van der Waals surface area contributed by atoms with Crippen LogP contribution in [0, 0.1) is 0 Å². The SMILES string of the molecule is O=C(NC1CC1)c1ccc(CN(C(=O)/C=C/c2ccsc2)C2CC2)cc1. The topological polar surface area (TPSA) is 49.4 Å². The Bertz CT molecular complexity index is 803. The molecular formula is C21H22N2O2S. The number of carbonyl (C=O) groups is 2. The highest BCUT2D eigenvalue weighted by atomic mass is 32.1. The zero-order valence-electron chi connectivity index (χ0n) is 14.6. The van der Waals surface area contributed by atoms with Gasteiger partial charge in [0.15, 0.2) is 0 Å². The zero-order valence-corrected chi connectivity index (χ0v) is 15.4. The average Bonchev–Trinajstić information content (AvgIpc) is 3.58. The Labute approximate surface area is 157 Å². The van der Waals surface area contributed by atoms with E-state index in [-0.39, 0.29) is 11.8 Å². The standard InChI is InChI=1S/C21H22N2O2S/c24-20(10-3-16-11-12-26-14-16)23(19-8-9-19)13-15-1-4-17(5-2-15)21(25)22-18-6-7-18/h1-5,10-12,14,18-19H,6-9,13H2,(H,22,25)/b10-3+. The van der Waals surface area contributed by atoms with Crippen LogP contribution in [0.25, 0.3) is 6.08 Å². The van der Waals surface area contributed by atoms with Crippen LogP contribution in [-0.4, -0.2) is 28.8 Å². The first-order valence-corrected chi connectivity index (χ1v) is 10.0. The Hall–Kier alpha value is -2.40. The molecule has 4 rings (SSSR count). The van der Waals surface area contributed by atoms with Crippen molar-refractivity contribution in [2.24, 2.45) is 0 Å². The third-order valence-corrected chi connectivity index (χ3v) is 5.42. The molecule has 0 atom stereocenters. The molecule has 0 aliphatic heterocycles. The van der Waals surface area contributed by atoms with Gasteiger partial charge >= 0.3 is 0 Å². The molecule has 2 aromatic rings. The van der Waals surface area contributed by atoms with Crippen molar-refractivity contribution < 1.29 is 9.59 Å². The van der Waals surface area contributed by atoms with Crippen LogP contribution < -0.4 is 5.32 Å². The van der Waals surface area contributed by atoms with Crippen LogP contribution in [0.1, 0.15) is 47.2 Å². The molecule has 0 radical (unpaired) electrons. The van der Waals surface area contributed by atoms with E-state index in [1.165, 1.54) is 0 Å². The molecule has 0 saturated heterocycles. The molecule has 134 valence electrons. The Kier molecular flexibility index (Phi) is 4.89. The van der Waals surface area contributed by atoms with E-state index in [1.807, 2.05) is 52.1 Å². The smallest absolute Gasteiger partial charge is 0.251 e. The van der Waals surface area contributed by atoms with Crippen LogP contribution in [-0.2, 0) is 11.3 Å². The van der Waals surface area contributed by atoms with Gasteiger partial charge in [0.2, 0.25) is 5.91 Å². The van der Waals surface area contributed by atoms with Gasteiger partial charge in [0, 0.05) is 30.3 Å². The van der Waals surface area contributed by atoms with E-state index in [1.54, 1.807) is 17.4 Å². The monoisotopic (exact) mass is 366 g/mol. The number of hydrogen-bond donors (Lipinski definition) is 1. The highest BCUT2D eigenvalue weighted by molar-refractivity contribution is 7.08. The lowest BCUT2D eigenvalue weighted by atomic mass is 10.1. The lowest BCUT2D eigenvalue weighted by Crippen LogP contribution is -2.31. The number of benzene rings is 1. The largest absolute Gasteiger partial charge is 0.349 e. The maximum atomic E-state index is 12.6. The first kappa shape index (κ1) is 17.0. The van der Waals surface area contributed by atoms with E-state index in [4.69, 9.17) is 0 Å². The normalized spacial score (nSPS) is 16.6. The quantitative estimate of drug-likeness (QED) is 0.757. The highest BCUT2D eigenvalue weighted by Gasteiger charge is 2.31. The van der Waals surface area contributed by atoms with Crippen molar-refractivity contribution in [1.29, 1.82) is 0 Å². The molecular weight excluding hydrogens is 344 g/mol. The molecule has 0 unspecified atom stereocenters. The summed E-state index contributed by atoms with van der Waals surface area (Å²) in [5.41, 5.74) is 2.80. The van der Waals surface area contributed by atoms with E-state index < -0.39 is 0 Å². The van der Waals surface area contributed by atoms with Crippen LogP contribution in [0.3, 0.4) is 0 Å². The fraction of sp³-hybridized carbons (Fsp3) is 0.333. The summed E-state index contributed by atoms with van der Waals surface area (Å²) in [6.45, 7) is 0.585. The predicted molar refractivity (Wildman–Crippen MR) is 104 cm³/mol. The summed E-state index contributed by atoms with van der Waals surface area (Å²) in [5.74, 6) is 0.0436. The van der Waals surface area contributed by atoms with Crippen molar-refractivity contribution in [3.05, 3.63) is 63.9 Å². The molecule has 2 amide bonds. The molecule has 1 heterocycles. The zero-order chi connectivity index (χ0) is 17.9. The summed E-state index contributed by atoms with van der Waals surface area (Å²) in [6, 6.07) is 10.3. The summed E-state index contributed by atoms with van der Waals surface area (Å²) in [5, 5.41) is 7.02. The van der Waals surface area contributed by atoms with Crippen molar-refractivity contribution in [3.63, 3.8) is 0 Å². The Morgan fingerprint density at radius 2 is 1.88 bits per heavy atom. The van der Waals surface area contributed by atoms with E-state index in [0.29, 0.717) is 24.2 Å². The lowest BCUT2D eigenvalue weighted by molar-refractivity contribution is -0.127. The third-order valence-electron chi connectivity index (χ3n) is 4.71. The molecule has 2 fully saturated rings. The van der Waals surface area contributed by atoms with Gasteiger partial charge < -0.3 is 10.2 Å². The molecule has 26 heavy (non-hydrogen) atoms. The van der Waals surface area contributed by atoms with Gasteiger partial charge in [-0.1, -0.05) is 12.1 Å². The maximum Gasteiger partial charge on any atom is 0.251 e. The Morgan fingerprint density at radius 1 is 1.12 bits per heavy atom. The fourth-order valence-corrected chi connectivity index (χ4v) is 3.49.